The van der Waals surface area contributed by atoms with Gasteiger partial charge < -0.3 is 10.1 Å². The van der Waals surface area contributed by atoms with Gasteiger partial charge in [0.15, 0.2) is 0 Å². The molecule has 0 radical (unpaired) electrons. The van der Waals surface area contributed by atoms with Gasteiger partial charge in [0.1, 0.15) is 0 Å². The largest absolute Gasteiger partial charge is 0.379 e. The first-order valence-corrected chi connectivity index (χ1v) is 13.6. The van der Waals surface area contributed by atoms with Gasteiger partial charge in [-0.05, 0) is 42.7 Å². The number of benzene rings is 2. The number of carbonyl (C=O) groups is 1. The van der Waals surface area contributed by atoms with Crippen molar-refractivity contribution in [3.05, 3.63) is 65.7 Å². The van der Waals surface area contributed by atoms with Crippen molar-refractivity contribution in [1.82, 2.24) is 14.5 Å². The van der Waals surface area contributed by atoms with Crippen LogP contribution in [0.1, 0.15) is 54.1 Å². The van der Waals surface area contributed by atoms with E-state index in [-0.39, 0.29) is 22.9 Å². The Morgan fingerprint density at radius 2 is 1.68 bits per heavy atom. The normalized spacial score (nSPS) is 19.1. The van der Waals surface area contributed by atoms with E-state index < -0.39 is 10.0 Å². The highest BCUT2D eigenvalue weighted by Gasteiger charge is 2.29. The first kappa shape index (κ1) is 24.9. The molecular formula is C26H35N3O4S. The summed E-state index contributed by atoms with van der Waals surface area (Å²) in [4.78, 5) is 15.6. The van der Waals surface area contributed by atoms with Crippen LogP contribution < -0.4 is 5.32 Å². The van der Waals surface area contributed by atoms with Crippen molar-refractivity contribution < 1.29 is 17.9 Å². The van der Waals surface area contributed by atoms with Crippen LogP contribution in [0.15, 0.2) is 59.5 Å². The van der Waals surface area contributed by atoms with Gasteiger partial charge in [0, 0.05) is 38.3 Å². The molecule has 0 spiro atoms. The topological polar surface area (TPSA) is 79.0 Å². The minimum Gasteiger partial charge on any atom is -0.379 e. The van der Waals surface area contributed by atoms with E-state index >= 15 is 0 Å². The van der Waals surface area contributed by atoms with Gasteiger partial charge in [-0.3, -0.25) is 9.69 Å². The Morgan fingerprint density at radius 3 is 2.32 bits per heavy atom. The monoisotopic (exact) mass is 485 g/mol. The van der Waals surface area contributed by atoms with Crippen LogP contribution in [0.2, 0.25) is 0 Å². The quantitative estimate of drug-likeness (QED) is 0.620. The van der Waals surface area contributed by atoms with Crippen molar-refractivity contribution in [2.24, 2.45) is 0 Å². The summed E-state index contributed by atoms with van der Waals surface area (Å²) in [5.74, 6) is -0.216. The standard InChI is InChI=1S/C26H35N3O4S/c1-28(23-10-6-3-7-11-23)34(31,32)24-14-12-22(13-15-24)26(30)27-25(21-8-4-2-5-9-21)20-29-16-18-33-19-17-29/h2,4-5,8-9,12-15,23,25H,3,6-7,10-11,16-20H2,1H3,(H,27,30)/t25-/m1/s1. The second-order valence-corrected chi connectivity index (χ2v) is 11.2. The summed E-state index contributed by atoms with van der Waals surface area (Å²) in [6.07, 6.45) is 5.11. The minimum absolute atomic E-state index is 0.0496. The molecule has 1 heterocycles. The third-order valence-corrected chi connectivity index (χ3v) is 8.86. The second-order valence-electron chi connectivity index (χ2n) is 9.19. The Hall–Kier alpha value is -2.26. The van der Waals surface area contributed by atoms with Crippen LogP contribution in [0.3, 0.4) is 0 Å². The zero-order valence-corrected chi connectivity index (χ0v) is 20.7. The fourth-order valence-corrected chi connectivity index (χ4v) is 6.20. The smallest absolute Gasteiger partial charge is 0.251 e. The third kappa shape index (κ3) is 6.05. The number of morpholine rings is 1. The van der Waals surface area contributed by atoms with Crippen molar-refractivity contribution in [3.63, 3.8) is 0 Å². The summed E-state index contributed by atoms with van der Waals surface area (Å²) in [5, 5.41) is 3.15. The number of carbonyl (C=O) groups excluding carboxylic acids is 1. The van der Waals surface area contributed by atoms with E-state index in [1.54, 1.807) is 31.3 Å². The van der Waals surface area contributed by atoms with Crippen LogP contribution in [0.25, 0.3) is 0 Å². The van der Waals surface area contributed by atoms with Gasteiger partial charge in [0.05, 0.1) is 24.2 Å². The van der Waals surface area contributed by atoms with Crippen LogP contribution in [0.4, 0.5) is 0 Å². The molecule has 0 aromatic heterocycles. The molecule has 2 aromatic carbocycles. The van der Waals surface area contributed by atoms with Crippen LogP contribution >= 0.6 is 0 Å². The van der Waals surface area contributed by atoms with E-state index in [2.05, 4.69) is 10.2 Å². The number of nitrogens with one attached hydrogen (secondary N) is 1. The lowest BCUT2D eigenvalue weighted by atomic mass is 9.96. The zero-order valence-electron chi connectivity index (χ0n) is 19.9. The highest BCUT2D eigenvalue weighted by atomic mass is 32.2. The number of rotatable bonds is 8. The Morgan fingerprint density at radius 1 is 1.03 bits per heavy atom. The van der Waals surface area contributed by atoms with Crippen molar-refractivity contribution in [3.8, 4) is 0 Å². The highest BCUT2D eigenvalue weighted by molar-refractivity contribution is 7.89. The first-order valence-electron chi connectivity index (χ1n) is 12.2. The van der Waals surface area contributed by atoms with Crippen LogP contribution in [-0.4, -0.2) is 69.5 Å². The average molecular weight is 486 g/mol. The van der Waals surface area contributed by atoms with Crippen molar-refractivity contribution in [2.75, 3.05) is 39.9 Å². The van der Waals surface area contributed by atoms with E-state index in [1.165, 1.54) is 10.7 Å². The number of amides is 1. The molecule has 2 fully saturated rings. The molecular weight excluding hydrogens is 450 g/mol. The van der Waals surface area contributed by atoms with Crippen LogP contribution in [0.5, 0.6) is 0 Å². The first-order chi connectivity index (χ1) is 16.4. The maximum atomic E-state index is 13.1. The van der Waals surface area contributed by atoms with Gasteiger partial charge in [0.2, 0.25) is 10.0 Å². The summed E-state index contributed by atoms with van der Waals surface area (Å²) in [7, 11) is -1.91. The Kier molecular flexibility index (Phi) is 8.37. The summed E-state index contributed by atoms with van der Waals surface area (Å²) in [6, 6.07) is 16.1. The number of hydrogen-bond donors (Lipinski definition) is 1. The Labute approximate surface area is 203 Å². The van der Waals surface area contributed by atoms with Crippen molar-refractivity contribution >= 4 is 15.9 Å². The molecule has 1 saturated carbocycles. The fourth-order valence-electron chi connectivity index (χ4n) is 4.79. The lowest BCUT2D eigenvalue weighted by Gasteiger charge is -2.31. The van der Waals surface area contributed by atoms with Gasteiger partial charge in [-0.25, -0.2) is 8.42 Å². The number of hydrogen-bond acceptors (Lipinski definition) is 5. The molecule has 4 rings (SSSR count). The van der Waals surface area contributed by atoms with E-state index in [0.29, 0.717) is 25.3 Å². The summed E-state index contributed by atoms with van der Waals surface area (Å²) < 4.78 is 33.2. The molecule has 184 valence electrons. The minimum atomic E-state index is -3.58. The average Bonchev–Trinajstić information content (AvgIpc) is 2.89. The maximum Gasteiger partial charge on any atom is 0.251 e. The van der Waals surface area contributed by atoms with Gasteiger partial charge >= 0.3 is 0 Å². The lowest BCUT2D eigenvalue weighted by molar-refractivity contribution is 0.0332. The fraction of sp³-hybridized carbons (Fsp3) is 0.500. The molecule has 0 unspecified atom stereocenters. The molecule has 0 bridgehead atoms. The molecule has 8 heteroatoms. The van der Waals surface area contributed by atoms with Crippen LogP contribution in [0, 0.1) is 0 Å². The Balaban J connectivity index is 1.46. The molecule has 1 aliphatic heterocycles. The molecule has 2 aliphatic rings. The molecule has 1 amide bonds. The summed E-state index contributed by atoms with van der Waals surface area (Å²) >= 11 is 0. The van der Waals surface area contributed by atoms with Crippen molar-refractivity contribution in [2.45, 2.75) is 49.1 Å². The van der Waals surface area contributed by atoms with Gasteiger partial charge in [0.25, 0.3) is 5.91 Å². The molecule has 1 saturated heterocycles. The lowest BCUT2D eigenvalue weighted by Crippen LogP contribution is -2.43. The second kappa shape index (κ2) is 11.4. The van der Waals surface area contributed by atoms with Crippen LogP contribution in [-0.2, 0) is 14.8 Å². The zero-order chi connectivity index (χ0) is 24.0. The highest BCUT2D eigenvalue weighted by Crippen LogP contribution is 2.26. The molecule has 7 nitrogen and oxygen atoms in total. The van der Waals surface area contributed by atoms with Gasteiger partial charge in [-0.2, -0.15) is 4.31 Å². The Bertz CT molecular complexity index is 1030. The number of sulfonamides is 1. The van der Waals surface area contributed by atoms with E-state index in [4.69, 9.17) is 4.74 Å². The van der Waals surface area contributed by atoms with E-state index in [9.17, 15) is 13.2 Å². The van der Waals surface area contributed by atoms with Crippen molar-refractivity contribution in [1.29, 1.82) is 0 Å². The SMILES string of the molecule is CN(C1CCCCC1)S(=O)(=O)c1ccc(C(=O)N[C@H](CN2CCOCC2)c2ccccc2)cc1. The molecule has 1 N–H and O–H groups in total. The van der Waals surface area contributed by atoms with E-state index in [1.807, 2.05) is 30.3 Å². The third-order valence-electron chi connectivity index (χ3n) is 6.93. The summed E-state index contributed by atoms with van der Waals surface area (Å²) in [5.41, 5.74) is 1.48. The molecule has 2 aromatic rings. The predicted molar refractivity (Wildman–Crippen MR) is 132 cm³/mol. The molecule has 34 heavy (non-hydrogen) atoms. The van der Waals surface area contributed by atoms with E-state index in [0.717, 1.165) is 44.3 Å². The summed E-state index contributed by atoms with van der Waals surface area (Å²) in [6.45, 7) is 3.75. The molecule has 1 aliphatic carbocycles. The van der Waals surface area contributed by atoms with Gasteiger partial charge in [-0.1, -0.05) is 49.6 Å². The predicted octanol–water partition coefficient (Wildman–Crippen LogP) is 3.44. The number of nitrogens with zero attached hydrogens (tertiary/aromatic N) is 2. The number of ether oxygens (including phenoxy) is 1. The maximum absolute atomic E-state index is 13.1. The molecule has 1 atom stereocenters. The van der Waals surface area contributed by atoms with Gasteiger partial charge in [-0.15, -0.1) is 0 Å².